The van der Waals surface area contributed by atoms with Crippen LogP contribution in [-0.4, -0.2) is 19.1 Å². The fourth-order valence-electron chi connectivity index (χ4n) is 2.00. The normalized spacial score (nSPS) is 10.2. The molecule has 2 aromatic carbocycles. The average molecular weight is 378 g/mol. The van der Waals surface area contributed by atoms with Crippen molar-refractivity contribution in [3.63, 3.8) is 0 Å². The van der Waals surface area contributed by atoms with Gasteiger partial charge in [-0.2, -0.15) is 0 Å². The van der Waals surface area contributed by atoms with Crippen LogP contribution in [-0.2, 0) is 4.79 Å². The van der Waals surface area contributed by atoms with Gasteiger partial charge in [0.1, 0.15) is 11.5 Å². The molecular formula is C18H20BrNO3. The van der Waals surface area contributed by atoms with Gasteiger partial charge in [0.2, 0.25) is 5.91 Å². The minimum atomic E-state index is -0.0211. The highest BCUT2D eigenvalue weighted by molar-refractivity contribution is 9.10. The molecule has 0 atom stereocenters. The van der Waals surface area contributed by atoms with Crippen molar-refractivity contribution in [2.24, 2.45) is 0 Å². The molecule has 0 aliphatic rings. The summed E-state index contributed by atoms with van der Waals surface area (Å²) in [6.45, 7) is 3.09. The van der Waals surface area contributed by atoms with Crippen LogP contribution < -0.4 is 14.8 Å². The molecule has 2 aromatic rings. The van der Waals surface area contributed by atoms with Gasteiger partial charge in [-0.15, -0.1) is 0 Å². The van der Waals surface area contributed by atoms with E-state index in [2.05, 4.69) is 21.2 Å². The summed E-state index contributed by atoms with van der Waals surface area (Å²) in [4.78, 5) is 11.9. The minimum absolute atomic E-state index is 0.0211. The highest BCUT2D eigenvalue weighted by atomic mass is 79.9. The third-order valence-electron chi connectivity index (χ3n) is 3.10. The Hall–Kier alpha value is -2.01. The van der Waals surface area contributed by atoms with Crippen molar-refractivity contribution in [1.82, 2.24) is 0 Å². The average Bonchev–Trinajstić information content (AvgIpc) is 2.55. The van der Waals surface area contributed by atoms with E-state index < -0.39 is 0 Å². The van der Waals surface area contributed by atoms with Crippen LogP contribution in [0, 0.1) is 0 Å². The van der Waals surface area contributed by atoms with Gasteiger partial charge >= 0.3 is 0 Å². The standard InChI is InChI=1S/C18H20BrNO3/c1-2-22-14-9-11-15(12-10-14)23-13-5-8-18(21)20-17-7-4-3-6-16(17)19/h3-4,6-7,9-12H,2,5,8,13H2,1H3,(H,20,21). The number of hydrogen-bond donors (Lipinski definition) is 1. The fraction of sp³-hybridized carbons (Fsp3) is 0.278. The molecule has 1 N–H and O–H groups in total. The molecule has 122 valence electrons. The van der Waals surface area contributed by atoms with Gasteiger partial charge in [-0.1, -0.05) is 12.1 Å². The lowest BCUT2D eigenvalue weighted by molar-refractivity contribution is -0.116. The summed E-state index contributed by atoms with van der Waals surface area (Å²) in [5.74, 6) is 1.58. The van der Waals surface area contributed by atoms with Crippen LogP contribution in [0.5, 0.6) is 11.5 Å². The predicted molar refractivity (Wildman–Crippen MR) is 95.1 cm³/mol. The molecular weight excluding hydrogens is 358 g/mol. The molecule has 0 saturated heterocycles. The van der Waals surface area contributed by atoms with E-state index in [1.165, 1.54) is 0 Å². The second-order valence-electron chi connectivity index (χ2n) is 4.88. The Morgan fingerprint density at radius 1 is 1.04 bits per heavy atom. The highest BCUT2D eigenvalue weighted by Gasteiger charge is 2.05. The summed E-state index contributed by atoms with van der Waals surface area (Å²) < 4.78 is 11.9. The van der Waals surface area contributed by atoms with Gasteiger partial charge in [0.05, 0.1) is 18.9 Å². The molecule has 1 amide bonds. The SMILES string of the molecule is CCOc1ccc(OCCCC(=O)Nc2ccccc2Br)cc1. The number of carbonyl (C=O) groups excluding carboxylic acids is 1. The molecule has 5 heteroatoms. The van der Waals surface area contributed by atoms with Crippen LogP contribution in [0.2, 0.25) is 0 Å². The maximum Gasteiger partial charge on any atom is 0.224 e. The van der Waals surface area contributed by atoms with Crippen molar-refractivity contribution in [1.29, 1.82) is 0 Å². The van der Waals surface area contributed by atoms with Crippen molar-refractivity contribution >= 4 is 27.5 Å². The van der Waals surface area contributed by atoms with Gasteiger partial charge in [0, 0.05) is 10.9 Å². The summed E-state index contributed by atoms with van der Waals surface area (Å²) >= 11 is 3.40. The Balaban J connectivity index is 1.68. The van der Waals surface area contributed by atoms with E-state index in [0.29, 0.717) is 26.1 Å². The second kappa shape index (κ2) is 9.20. The molecule has 0 aromatic heterocycles. The Morgan fingerprint density at radius 2 is 1.70 bits per heavy atom. The number of hydrogen-bond acceptors (Lipinski definition) is 3. The lowest BCUT2D eigenvalue weighted by Gasteiger charge is -2.09. The van der Waals surface area contributed by atoms with Gasteiger partial charge in [-0.25, -0.2) is 0 Å². The smallest absolute Gasteiger partial charge is 0.224 e. The molecule has 0 aliphatic carbocycles. The van der Waals surface area contributed by atoms with E-state index in [1.807, 2.05) is 55.5 Å². The Kier molecular flexibility index (Phi) is 6.94. The molecule has 0 heterocycles. The first-order valence-electron chi connectivity index (χ1n) is 7.59. The van der Waals surface area contributed by atoms with Crippen molar-refractivity contribution < 1.29 is 14.3 Å². The molecule has 0 unspecified atom stereocenters. The molecule has 0 fully saturated rings. The van der Waals surface area contributed by atoms with Crippen LogP contribution in [0.4, 0.5) is 5.69 Å². The number of ether oxygens (including phenoxy) is 2. The van der Waals surface area contributed by atoms with E-state index in [0.717, 1.165) is 21.7 Å². The van der Waals surface area contributed by atoms with Gasteiger partial charge < -0.3 is 14.8 Å². The summed E-state index contributed by atoms with van der Waals surface area (Å²) in [7, 11) is 0. The number of benzene rings is 2. The number of carbonyl (C=O) groups is 1. The van der Waals surface area contributed by atoms with Crippen LogP contribution in [0.3, 0.4) is 0 Å². The lowest BCUT2D eigenvalue weighted by atomic mass is 10.2. The summed E-state index contributed by atoms with van der Waals surface area (Å²) in [6, 6.07) is 15.0. The van der Waals surface area contributed by atoms with E-state index in [1.54, 1.807) is 0 Å². The van der Waals surface area contributed by atoms with Gasteiger partial charge in [-0.05, 0) is 65.7 Å². The van der Waals surface area contributed by atoms with Crippen molar-refractivity contribution in [2.75, 3.05) is 18.5 Å². The molecule has 0 saturated carbocycles. The zero-order valence-electron chi connectivity index (χ0n) is 13.0. The zero-order chi connectivity index (χ0) is 16.5. The summed E-state index contributed by atoms with van der Waals surface area (Å²) in [6.07, 6.45) is 1.07. The number of rotatable bonds is 8. The molecule has 0 spiro atoms. The third kappa shape index (κ3) is 5.94. The molecule has 2 rings (SSSR count). The van der Waals surface area contributed by atoms with Gasteiger partial charge in [-0.3, -0.25) is 4.79 Å². The first kappa shape index (κ1) is 17.3. The quantitative estimate of drug-likeness (QED) is 0.681. The Bertz CT molecular complexity index is 628. The van der Waals surface area contributed by atoms with Gasteiger partial charge in [0.25, 0.3) is 0 Å². The van der Waals surface area contributed by atoms with E-state index in [4.69, 9.17) is 9.47 Å². The molecule has 0 radical (unpaired) electrons. The molecule has 23 heavy (non-hydrogen) atoms. The first-order chi connectivity index (χ1) is 11.2. The number of amides is 1. The number of halogens is 1. The Morgan fingerprint density at radius 3 is 2.35 bits per heavy atom. The fourth-order valence-corrected chi connectivity index (χ4v) is 2.38. The number of anilines is 1. The number of para-hydroxylation sites is 1. The van der Waals surface area contributed by atoms with E-state index in [9.17, 15) is 4.79 Å². The third-order valence-corrected chi connectivity index (χ3v) is 3.79. The summed E-state index contributed by atoms with van der Waals surface area (Å²) in [5, 5.41) is 2.87. The molecule has 0 aliphatic heterocycles. The molecule has 0 bridgehead atoms. The summed E-state index contributed by atoms with van der Waals surface area (Å²) in [5.41, 5.74) is 0.782. The van der Waals surface area contributed by atoms with E-state index >= 15 is 0 Å². The minimum Gasteiger partial charge on any atom is -0.494 e. The maximum absolute atomic E-state index is 11.9. The largest absolute Gasteiger partial charge is 0.494 e. The van der Waals surface area contributed by atoms with Crippen molar-refractivity contribution in [2.45, 2.75) is 19.8 Å². The van der Waals surface area contributed by atoms with Crippen LogP contribution in [0.25, 0.3) is 0 Å². The molecule has 4 nitrogen and oxygen atoms in total. The zero-order valence-corrected chi connectivity index (χ0v) is 14.6. The predicted octanol–water partition coefficient (Wildman–Crippen LogP) is 4.65. The first-order valence-corrected chi connectivity index (χ1v) is 8.38. The van der Waals surface area contributed by atoms with E-state index in [-0.39, 0.29) is 5.91 Å². The lowest BCUT2D eigenvalue weighted by Crippen LogP contribution is -2.13. The topological polar surface area (TPSA) is 47.6 Å². The maximum atomic E-state index is 11.9. The van der Waals surface area contributed by atoms with Crippen LogP contribution in [0.15, 0.2) is 53.0 Å². The van der Waals surface area contributed by atoms with Crippen molar-refractivity contribution in [3.8, 4) is 11.5 Å². The van der Waals surface area contributed by atoms with Crippen LogP contribution >= 0.6 is 15.9 Å². The highest BCUT2D eigenvalue weighted by Crippen LogP contribution is 2.21. The number of nitrogens with one attached hydrogen (secondary N) is 1. The van der Waals surface area contributed by atoms with Crippen LogP contribution in [0.1, 0.15) is 19.8 Å². The van der Waals surface area contributed by atoms with Gasteiger partial charge in [0.15, 0.2) is 0 Å². The van der Waals surface area contributed by atoms with Crippen molar-refractivity contribution in [3.05, 3.63) is 53.0 Å². The Labute approximate surface area is 144 Å². The second-order valence-corrected chi connectivity index (χ2v) is 5.74. The monoisotopic (exact) mass is 377 g/mol.